The first kappa shape index (κ1) is 25.4. The Labute approximate surface area is 215 Å². The van der Waals surface area contributed by atoms with Gasteiger partial charge in [0.1, 0.15) is 16.6 Å². The molecule has 3 aromatic rings. The number of carbonyl (C=O) groups is 2. The van der Waals surface area contributed by atoms with Gasteiger partial charge in [0.05, 0.1) is 17.9 Å². The zero-order valence-corrected chi connectivity index (χ0v) is 21.4. The van der Waals surface area contributed by atoms with Crippen LogP contribution in [-0.4, -0.2) is 27.8 Å². The lowest BCUT2D eigenvalue weighted by Gasteiger charge is -2.33. The summed E-state index contributed by atoms with van der Waals surface area (Å²) in [7, 11) is 0. The number of hydrogen-bond acceptors (Lipinski definition) is 6. The molecule has 198 valence electrons. The van der Waals surface area contributed by atoms with Crippen LogP contribution in [-0.2, 0) is 12.8 Å². The smallest absolute Gasteiger partial charge is 0.410 e. The molecule has 1 aliphatic carbocycles. The lowest BCUT2D eigenvalue weighted by Crippen LogP contribution is -2.35. The molecule has 0 saturated carbocycles. The molecule has 3 atom stereocenters. The van der Waals surface area contributed by atoms with Crippen molar-refractivity contribution in [3.8, 4) is 0 Å². The van der Waals surface area contributed by atoms with Crippen molar-refractivity contribution in [1.82, 2.24) is 9.78 Å². The van der Waals surface area contributed by atoms with Gasteiger partial charge in [0.25, 0.3) is 11.8 Å². The van der Waals surface area contributed by atoms with E-state index < -0.39 is 30.1 Å². The molecule has 0 spiro atoms. The highest BCUT2D eigenvalue weighted by Gasteiger charge is 2.47. The van der Waals surface area contributed by atoms with Crippen molar-refractivity contribution in [3.05, 3.63) is 51.9 Å². The van der Waals surface area contributed by atoms with Gasteiger partial charge in [-0.25, -0.2) is 4.68 Å². The number of amides is 2. The molecule has 0 aromatic carbocycles. The standard InChI is InChI=1S/C25H28F3N5O3S/c1-24(2,3)12-6-7-13-17(9-12)37-23(20(13)21(29)34)31-22(35)15-11-19-30-14(16-5-4-8-36-16)10-18(25(26,27)28)33(19)32-15/h4-5,8,11-12,14,18,30H,6-7,9-10H2,1-3H3,(H2,29,34)(H,31,35)/t12-,14-,18+/m0/s1. The Balaban J connectivity index is 1.44. The van der Waals surface area contributed by atoms with Gasteiger partial charge >= 0.3 is 6.18 Å². The van der Waals surface area contributed by atoms with Crippen LogP contribution in [0.1, 0.15) is 82.7 Å². The van der Waals surface area contributed by atoms with E-state index in [0.29, 0.717) is 23.1 Å². The quantitative estimate of drug-likeness (QED) is 0.396. The molecule has 2 aliphatic rings. The largest absolute Gasteiger partial charge is 0.467 e. The Hall–Kier alpha value is -3.28. The molecule has 37 heavy (non-hydrogen) atoms. The second-order valence-electron chi connectivity index (χ2n) is 10.7. The number of nitrogens with zero attached hydrogens (tertiary/aromatic N) is 2. The van der Waals surface area contributed by atoms with Gasteiger partial charge in [-0.2, -0.15) is 18.3 Å². The van der Waals surface area contributed by atoms with Crippen molar-refractivity contribution in [1.29, 1.82) is 0 Å². The summed E-state index contributed by atoms with van der Waals surface area (Å²) in [5.41, 5.74) is 6.68. The Morgan fingerprint density at radius 2 is 2.05 bits per heavy atom. The molecule has 12 heteroatoms. The SMILES string of the molecule is CC(C)(C)[C@H]1CCc2c(sc(NC(=O)c3cc4n(n3)[C@@H](C(F)(F)F)C[C@@H](c3ccco3)N4)c2C(N)=O)C1. The predicted molar refractivity (Wildman–Crippen MR) is 133 cm³/mol. The number of rotatable bonds is 4. The number of carbonyl (C=O) groups excluding carboxylic acids is 2. The zero-order chi connectivity index (χ0) is 26.7. The zero-order valence-electron chi connectivity index (χ0n) is 20.6. The maximum absolute atomic E-state index is 13.9. The Morgan fingerprint density at radius 3 is 2.68 bits per heavy atom. The third-order valence-corrected chi connectivity index (χ3v) is 8.44. The predicted octanol–water partition coefficient (Wildman–Crippen LogP) is 5.70. The second-order valence-corrected chi connectivity index (χ2v) is 11.8. The van der Waals surface area contributed by atoms with Gasteiger partial charge in [-0.3, -0.25) is 9.59 Å². The molecule has 0 fully saturated rings. The Morgan fingerprint density at radius 1 is 1.30 bits per heavy atom. The van der Waals surface area contributed by atoms with E-state index in [9.17, 15) is 22.8 Å². The molecule has 8 nitrogen and oxygen atoms in total. The fourth-order valence-electron chi connectivity index (χ4n) is 5.20. The summed E-state index contributed by atoms with van der Waals surface area (Å²) in [6.45, 7) is 6.52. The number of hydrogen-bond donors (Lipinski definition) is 3. The van der Waals surface area contributed by atoms with Crippen LogP contribution in [0.15, 0.2) is 28.9 Å². The lowest BCUT2D eigenvalue weighted by molar-refractivity contribution is -0.174. The number of furan rings is 1. The Bertz CT molecular complexity index is 1340. The number of thiophene rings is 1. The number of primary amides is 1. The van der Waals surface area contributed by atoms with Gasteiger partial charge in [0.2, 0.25) is 0 Å². The fraction of sp³-hybridized carbons (Fsp3) is 0.480. The minimum Gasteiger partial charge on any atom is -0.467 e. The molecule has 0 radical (unpaired) electrons. The summed E-state index contributed by atoms with van der Waals surface area (Å²) >= 11 is 1.30. The molecule has 1 aliphatic heterocycles. The fourth-order valence-corrected chi connectivity index (χ4v) is 6.53. The average Bonchev–Trinajstić information content (AvgIpc) is 3.53. The molecule has 5 rings (SSSR count). The summed E-state index contributed by atoms with van der Waals surface area (Å²) in [5.74, 6) is -0.542. The van der Waals surface area contributed by atoms with E-state index in [1.807, 2.05) is 0 Å². The second kappa shape index (κ2) is 8.93. The van der Waals surface area contributed by atoms with Crippen LogP contribution < -0.4 is 16.4 Å². The molecular formula is C25H28F3N5O3S. The van der Waals surface area contributed by atoms with Crippen molar-refractivity contribution < 1.29 is 27.2 Å². The van der Waals surface area contributed by atoms with E-state index in [-0.39, 0.29) is 28.9 Å². The number of alkyl halides is 3. The van der Waals surface area contributed by atoms with Crippen molar-refractivity contribution in [2.24, 2.45) is 17.1 Å². The highest BCUT2D eigenvalue weighted by atomic mass is 32.1. The van der Waals surface area contributed by atoms with Gasteiger partial charge < -0.3 is 20.8 Å². The molecule has 0 saturated heterocycles. The highest BCUT2D eigenvalue weighted by Crippen LogP contribution is 2.45. The summed E-state index contributed by atoms with van der Waals surface area (Å²) in [6, 6.07) is 1.80. The van der Waals surface area contributed by atoms with Crippen LogP contribution in [0.3, 0.4) is 0 Å². The summed E-state index contributed by atoms with van der Waals surface area (Å²) in [4.78, 5) is 26.5. The van der Waals surface area contributed by atoms with Crippen LogP contribution in [0, 0.1) is 11.3 Å². The number of fused-ring (bicyclic) bond motifs is 2. The summed E-state index contributed by atoms with van der Waals surface area (Å²) < 4.78 is 47.8. The van der Waals surface area contributed by atoms with Crippen molar-refractivity contribution in [2.75, 3.05) is 10.6 Å². The normalized spacial score (nSPS) is 21.6. The maximum atomic E-state index is 13.9. The van der Waals surface area contributed by atoms with Crippen LogP contribution in [0.4, 0.5) is 24.0 Å². The van der Waals surface area contributed by atoms with Gasteiger partial charge in [-0.15, -0.1) is 11.3 Å². The monoisotopic (exact) mass is 535 g/mol. The van der Waals surface area contributed by atoms with Gasteiger partial charge in [-0.1, -0.05) is 20.8 Å². The maximum Gasteiger partial charge on any atom is 0.410 e. The molecule has 4 N–H and O–H groups in total. The van der Waals surface area contributed by atoms with Gasteiger partial charge in [-0.05, 0) is 48.3 Å². The van der Waals surface area contributed by atoms with E-state index in [0.717, 1.165) is 28.0 Å². The first-order valence-corrected chi connectivity index (χ1v) is 12.9. The number of anilines is 2. The summed E-state index contributed by atoms with van der Waals surface area (Å²) in [6.07, 6.45) is -1.20. The van der Waals surface area contributed by atoms with Crippen molar-refractivity contribution in [3.63, 3.8) is 0 Å². The lowest BCUT2D eigenvalue weighted by atomic mass is 9.72. The first-order chi connectivity index (χ1) is 17.3. The molecule has 2 amide bonds. The van der Waals surface area contributed by atoms with Crippen LogP contribution in [0.25, 0.3) is 0 Å². The summed E-state index contributed by atoms with van der Waals surface area (Å²) in [5, 5.41) is 9.97. The minimum atomic E-state index is -4.59. The number of aromatic nitrogens is 2. The molecular weight excluding hydrogens is 507 g/mol. The topological polar surface area (TPSA) is 115 Å². The third kappa shape index (κ3) is 4.74. The van der Waals surface area contributed by atoms with E-state index >= 15 is 0 Å². The van der Waals surface area contributed by atoms with Gasteiger partial charge in [0, 0.05) is 17.4 Å². The molecule has 0 unspecified atom stereocenters. The number of nitrogens with one attached hydrogen (secondary N) is 2. The van der Waals surface area contributed by atoms with Crippen LogP contribution >= 0.6 is 11.3 Å². The molecule has 4 heterocycles. The molecule has 3 aromatic heterocycles. The first-order valence-electron chi connectivity index (χ1n) is 12.0. The van der Waals surface area contributed by atoms with E-state index in [2.05, 4.69) is 36.5 Å². The van der Waals surface area contributed by atoms with E-state index in [1.54, 1.807) is 12.1 Å². The van der Waals surface area contributed by atoms with Crippen molar-refractivity contribution >= 4 is 34.0 Å². The minimum absolute atomic E-state index is 0.0498. The van der Waals surface area contributed by atoms with Crippen molar-refractivity contribution in [2.45, 2.75) is 64.7 Å². The Kier molecular flexibility index (Phi) is 6.12. The third-order valence-electron chi connectivity index (χ3n) is 7.27. The number of halogens is 3. The molecule has 0 bridgehead atoms. The van der Waals surface area contributed by atoms with Crippen LogP contribution in [0.2, 0.25) is 0 Å². The van der Waals surface area contributed by atoms with Crippen LogP contribution in [0.5, 0.6) is 0 Å². The average molecular weight is 536 g/mol. The van der Waals surface area contributed by atoms with Gasteiger partial charge in [0.15, 0.2) is 11.7 Å². The number of nitrogens with two attached hydrogens (primary N) is 1. The van der Waals surface area contributed by atoms with E-state index in [4.69, 9.17) is 10.2 Å². The van der Waals surface area contributed by atoms with E-state index in [1.165, 1.54) is 23.7 Å². The highest BCUT2D eigenvalue weighted by molar-refractivity contribution is 7.17.